The number of hydrogen-bond donors (Lipinski definition) is 1. The SMILES string of the molecule is O=C(CCCC[n+]1ccccc1)Nc1cccc2cccnc12. The molecule has 0 aliphatic heterocycles. The third-order valence-corrected chi connectivity index (χ3v) is 3.75. The van der Waals surface area contributed by atoms with Gasteiger partial charge in [0.25, 0.3) is 0 Å². The molecule has 0 atom stereocenters. The highest BCUT2D eigenvalue weighted by molar-refractivity contribution is 6.00. The number of carbonyl (C=O) groups excluding carboxylic acids is 1. The van der Waals surface area contributed by atoms with Crippen LogP contribution in [0.2, 0.25) is 0 Å². The van der Waals surface area contributed by atoms with Crippen molar-refractivity contribution in [3.8, 4) is 0 Å². The summed E-state index contributed by atoms with van der Waals surface area (Å²) in [5.41, 5.74) is 1.62. The quantitative estimate of drug-likeness (QED) is 0.561. The molecule has 0 aliphatic rings. The average Bonchev–Trinajstić information content (AvgIpc) is 2.60. The lowest BCUT2D eigenvalue weighted by Crippen LogP contribution is -2.32. The Labute approximate surface area is 135 Å². The Bertz CT molecular complexity index is 781. The van der Waals surface area contributed by atoms with Crippen molar-refractivity contribution < 1.29 is 9.36 Å². The zero-order valence-electron chi connectivity index (χ0n) is 13.0. The molecule has 0 aliphatic carbocycles. The van der Waals surface area contributed by atoms with Gasteiger partial charge < -0.3 is 5.32 Å². The van der Waals surface area contributed by atoms with Crippen LogP contribution in [-0.2, 0) is 11.3 Å². The van der Waals surface area contributed by atoms with Crippen LogP contribution in [0.15, 0.2) is 67.1 Å². The summed E-state index contributed by atoms with van der Waals surface area (Å²) in [6.07, 6.45) is 8.21. The van der Waals surface area contributed by atoms with E-state index >= 15 is 0 Å². The number of amides is 1. The molecule has 0 saturated heterocycles. The molecule has 0 saturated carbocycles. The maximum atomic E-state index is 12.1. The molecule has 1 N–H and O–H groups in total. The summed E-state index contributed by atoms with van der Waals surface area (Å²) >= 11 is 0. The average molecular weight is 306 g/mol. The van der Waals surface area contributed by atoms with Crippen molar-refractivity contribution in [2.45, 2.75) is 25.8 Å². The van der Waals surface area contributed by atoms with Crippen molar-refractivity contribution in [2.24, 2.45) is 0 Å². The van der Waals surface area contributed by atoms with Crippen molar-refractivity contribution in [1.82, 2.24) is 4.98 Å². The fourth-order valence-electron chi connectivity index (χ4n) is 2.58. The zero-order chi connectivity index (χ0) is 15.9. The molecule has 4 heteroatoms. The topological polar surface area (TPSA) is 45.9 Å². The van der Waals surface area contributed by atoms with Crippen molar-refractivity contribution >= 4 is 22.5 Å². The first-order valence-electron chi connectivity index (χ1n) is 7.90. The largest absolute Gasteiger partial charge is 0.324 e. The normalized spacial score (nSPS) is 10.6. The molecule has 0 bridgehead atoms. The number of unbranched alkanes of at least 4 members (excludes halogenated alkanes) is 1. The van der Waals surface area contributed by atoms with Crippen LogP contribution < -0.4 is 9.88 Å². The van der Waals surface area contributed by atoms with Gasteiger partial charge in [0.1, 0.15) is 6.54 Å². The smallest absolute Gasteiger partial charge is 0.224 e. The van der Waals surface area contributed by atoms with Gasteiger partial charge >= 0.3 is 0 Å². The standard InChI is InChI=1S/C19H19N3O/c23-18(11-2-5-15-22-13-3-1-4-14-22)21-17-10-6-8-16-9-7-12-20-19(16)17/h1,3-4,6-10,12-14H,2,5,11,15H2/p+1. The van der Waals surface area contributed by atoms with E-state index in [1.54, 1.807) is 6.20 Å². The van der Waals surface area contributed by atoms with Crippen LogP contribution in [0.4, 0.5) is 5.69 Å². The highest BCUT2D eigenvalue weighted by atomic mass is 16.1. The predicted octanol–water partition coefficient (Wildman–Crippen LogP) is 3.33. The van der Waals surface area contributed by atoms with Crippen molar-refractivity contribution in [1.29, 1.82) is 0 Å². The van der Waals surface area contributed by atoms with Gasteiger partial charge in [-0.2, -0.15) is 0 Å². The minimum absolute atomic E-state index is 0.0428. The summed E-state index contributed by atoms with van der Waals surface area (Å²) in [6, 6.07) is 15.8. The number of aromatic nitrogens is 2. The minimum atomic E-state index is 0.0428. The Morgan fingerprint density at radius 3 is 2.70 bits per heavy atom. The molecular formula is C19H20N3O+. The van der Waals surface area contributed by atoms with Gasteiger partial charge in [-0.1, -0.05) is 24.3 Å². The number of pyridine rings is 2. The number of aryl methyl sites for hydroxylation is 1. The summed E-state index contributed by atoms with van der Waals surface area (Å²) < 4.78 is 2.13. The summed E-state index contributed by atoms with van der Waals surface area (Å²) in [7, 11) is 0. The molecular weight excluding hydrogens is 286 g/mol. The number of anilines is 1. The summed E-state index contributed by atoms with van der Waals surface area (Å²) in [5.74, 6) is 0.0428. The fraction of sp³-hybridized carbons (Fsp3) is 0.211. The van der Waals surface area contributed by atoms with Crippen LogP contribution in [-0.4, -0.2) is 10.9 Å². The second kappa shape index (κ2) is 7.49. The minimum Gasteiger partial charge on any atom is -0.324 e. The first kappa shape index (κ1) is 15.2. The lowest BCUT2D eigenvalue weighted by Gasteiger charge is -2.07. The molecule has 0 spiro atoms. The van der Waals surface area contributed by atoms with E-state index in [4.69, 9.17) is 0 Å². The Morgan fingerprint density at radius 2 is 1.83 bits per heavy atom. The number of benzene rings is 1. The van der Waals surface area contributed by atoms with Gasteiger partial charge in [0, 0.05) is 36.6 Å². The van der Waals surface area contributed by atoms with Crippen LogP contribution in [0.25, 0.3) is 10.9 Å². The van der Waals surface area contributed by atoms with Crippen LogP contribution in [0, 0.1) is 0 Å². The zero-order valence-corrected chi connectivity index (χ0v) is 13.0. The Kier molecular flexibility index (Phi) is 4.94. The summed E-state index contributed by atoms with van der Waals surface area (Å²) in [6.45, 7) is 0.934. The Morgan fingerprint density at radius 1 is 1.00 bits per heavy atom. The molecule has 4 nitrogen and oxygen atoms in total. The van der Waals surface area contributed by atoms with Gasteiger partial charge in [0.2, 0.25) is 5.91 Å². The highest BCUT2D eigenvalue weighted by Crippen LogP contribution is 2.20. The molecule has 116 valence electrons. The third kappa shape index (κ3) is 4.13. The molecule has 0 fully saturated rings. The van der Waals surface area contributed by atoms with E-state index in [0.29, 0.717) is 6.42 Å². The van der Waals surface area contributed by atoms with E-state index in [0.717, 1.165) is 36.0 Å². The fourth-order valence-corrected chi connectivity index (χ4v) is 2.58. The number of nitrogens with zero attached hydrogens (tertiary/aromatic N) is 2. The summed E-state index contributed by atoms with van der Waals surface area (Å²) in [5, 5.41) is 4.01. The van der Waals surface area contributed by atoms with Crippen LogP contribution in [0.5, 0.6) is 0 Å². The lowest BCUT2D eigenvalue weighted by atomic mass is 10.2. The Balaban J connectivity index is 1.51. The number of nitrogens with one attached hydrogen (secondary N) is 1. The maximum absolute atomic E-state index is 12.1. The van der Waals surface area contributed by atoms with Crippen LogP contribution in [0.3, 0.4) is 0 Å². The van der Waals surface area contributed by atoms with Crippen molar-refractivity contribution in [3.05, 3.63) is 67.1 Å². The van der Waals surface area contributed by atoms with E-state index in [2.05, 4.69) is 14.9 Å². The van der Waals surface area contributed by atoms with E-state index in [1.165, 1.54) is 0 Å². The lowest BCUT2D eigenvalue weighted by molar-refractivity contribution is -0.697. The molecule has 3 rings (SSSR count). The Hall–Kier alpha value is -2.75. The predicted molar refractivity (Wildman–Crippen MR) is 90.9 cm³/mol. The third-order valence-electron chi connectivity index (χ3n) is 3.75. The summed E-state index contributed by atoms with van der Waals surface area (Å²) in [4.78, 5) is 16.5. The van der Waals surface area contributed by atoms with Crippen molar-refractivity contribution in [3.63, 3.8) is 0 Å². The molecule has 0 unspecified atom stereocenters. The molecule has 23 heavy (non-hydrogen) atoms. The number of fused-ring (bicyclic) bond motifs is 1. The number of hydrogen-bond acceptors (Lipinski definition) is 2. The van der Waals surface area contributed by atoms with Crippen molar-refractivity contribution in [2.75, 3.05) is 5.32 Å². The van der Waals surface area contributed by atoms with E-state index < -0.39 is 0 Å². The van der Waals surface area contributed by atoms with Gasteiger partial charge in [-0.3, -0.25) is 9.78 Å². The molecule has 2 aromatic heterocycles. The number of para-hydroxylation sites is 1. The van der Waals surface area contributed by atoms with Gasteiger partial charge in [0.05, 0.1) is 11.2 Å². The van der Waals surface area contributed by atoms with E-state index in [9.17, 15) is 4.79 Å². The van der Waals surface area contributed by atoms with Gasteiger partial charge in [-0.05, 0) is 18.6 Å². The molecule has 1 aromatic carbocycles. The van der Waals surface area contributed by atoms with Gasteiger partial charge in [0.15, 0.2) is 12.4 Å². The van der Waals surface area contributed by atoms with Crippen LogP contribution >= 0.6 is 0 Å². The van der Waals surface area contributed by atoms with E-state index in [-0.39, 0.29) is 5.91 Å². The monoisotopic (exact) mass is 306 g/mol. The second-order valence-electron chi connectivity index (χ2n) is 5.50. The van der Waals surface area contributed by atoms with E-state index in [1.807, 2.05) is 60.9 Å². The molecule has 3 aromatic rings. The molecule has 0 radical (unpaired) electrons. The maximum Gasteiger partial charge on any atom is 0.224 e. The molecule has 2 heterocycles. The first-order valence-corrected chi connectivity index (χ1v) is 7.90. The van der Waals surface area contributed by atoms with Gasteiger partial charge in [-0.25, -0.2) is 4.57 Å². The van der Waals surface area contributed by atoms with Crippen LogP contribution in [0.1, 0.15) is 19.3 Å². The second-order valence-corrected chi connectivity index (χ2v) is 5.50. The highest BCUT2D eigenvalue weighted by Gasteiger charge is 2.07. The number of carbonyl (C=O) groups is 1. The van der Waals surface area contributed by atoms with Gasteiger partial charge in [-0.15, -0.1) is 0 Å². The first-order chi connectivity index (χ1) is 11.3. The molecule has 1 amide bonds. The number of rotatable bonds is 6.